The predicted octanol–water partition coefficient (Wildman–Crippen LogP) is 4.01. The van der Waals surface area contributed by atoms with Gasteiger partial charge in [0.1, 0.15) is 0 Å². The molecule has 0 spiro atoms. The van der Waals surface area contributed by atoms with Crippen molar-refractivity contribution in [3.8, 4) is 22.5 Å². The van der Waals surface area contributed by atoms with E-state index in [4.69, 9.17) is 11.6 Å². The summed E-state index contributed by atoms with van der Waals surface area (Å²) in [6.45, 7) is 0. The molecule has 0 saturated carbocycles. The summed E-state index contributed by atoms with van der Waals surface area (Å²) in [6.07, 6.45) is 0. The highest BCUT2D eigenvalue weighted by Gasteiger charge is 2.10. The van der Waals surface area contributed by atoms with Gasteiger partial charge in [-0.25, -0.2) is 9.50 Å². The molecule has 0 aliphatic heterocycles. The van der Waals surface area contributed by atoms with Gasteiger partial charge < -0.3 is 0 Å². The van der Waals surface area contributed by atoms with E-state index < -0.39 is 0 Å². The van der Waals surface area contributed by atoms with Crippen molar-refractivity contribution in [1.29, 1.82) is 0 Å². The Morgan fingerprint density at radius 2 is 1.70 bits per heavy atom. The van der Waals surface area contributed by atoms with Gasteiger partial charge in [-0.15, -0.1) is 0 Å². The van der Waals surface area contributed by atoms with Crippen LogP contribution in [0.4, 0.5) is 0 Å². The molecule has 0 amide bonds. The van der Waals surface area contributed by atoms with E-state index in [1.165, 1.54) is 10.6 Å². The van der Waals surface area contributed by atoms with Crippen LogP contribution in [0.25, 0.3) is 28.2 Å². The fourth-order valence-electron chi connectivity index (χ4n) is 2.57. The molecule has 4 rings (SSSR count). The van der Waals surface area contributed by atoms with Gasteiger partial charge in [0, 0.05) is 28.3 Å². The van der Waals surface area contributed by atoms with Crippen LogP contribution in [0.3, 0.4) is 0 Å². The zero-order chi connectivity index (χ0) is 15.8. The van der Waals surface area contributed by atoms with E-state index in [-0.39, 0.29) is 5.56 Å². The highest BCUT2D eigenvalue weighted by Crippen LogP contribution is 2.27. The Hall–Kier alpha value is -2.85. The molecule has 4 nitrogen and oxygen atoms in total. The number of aromatic nitrogens is 3. The maximum atomic E-state index is 12.4. The van der Waals surface area contributed by atoms with Crippen molar-refractivity contribution in [3.05, 3.63) is 82.1 Å². The van der Waals surface area contributed by atoms with E-state index in [9.17, 15) is 4.79 Å². The van der Waals surface area contributed by atoms with Gasteiger partial charge in [-0.3, -0.25) is 9.89 Å². The third kappa shape index (κ3) is 2.43. The number of H-pyrrole nitrogens is 1. The quantitative estimate of drug-likeness (QED) is 0.606. The van der Waals surface area contributed by atoms with Gasteiger partial charge in [0.05, 0.1) is 11.4 Å². The maximum Gasteiger partial charge on any atom is 0.273 e. The normalized spacial score (nSPS) is 11.0. The first kappa shape index (κ1) is 13.8. The van der Waals surface area contributed by atoms with Crippen LogP contribution < -0.4 is 5.56 Å². The van der Waals surface area contributed by atoms with Crippen molar-refractivity contribution in [2.24, 2.45) is 0 Å². The third-order valence-electron chi connectivity index (χ3n) is 3.68. The van der Waals surface area contributed by atoms with Crippen molar-refractivity contribution in [1.82, 2.24) is 14.6 Å². The van der Waals surface area contributed by atoms with Gasteiger partial charge >= 0.3 is 0 Å². The van der Waals surface area contributed by atoms with Crippen molar-refractivity contribution in [3.63, 3.8) is 0 Å². The summed E-state index contributed by atoms with van der Waals surface area (Å²) < 4.78 is 1.42. The average molecular weight is 322 g/mol. The van der Waals surface area contributed by atoms with Gasteiger partial charge in [0.2, 0.25) is 0 Å². The van der Waals surface area contributed by atoms with Crippen LogP contribution in [0.1, 0.15) is 0 Å². The summed E-state index contributed by atoms with van der Waals surface area (Å²) in [5.74, 6) is 0. The fourth-order valence-corrected chi connectivity index (χ4v) is 2.80. The van der Waals surface area contributed by atoms with Crippen molar-refractivity contribution in [2.45, 2.75) is 0 Å². The van der Waals surface area contributed by atoms with Crippen LogP contribution in [0.2, 0.25) is 5.02 Å². The number of benzene rings is 2. The lowest BCUT2D eigenvalue weighted by Gasteiger charge is -2.00. The molecule has 4 aromatic rings. The lowest BCUT2D eigenvalue weighted by atomic mass is 10.1. The van der Waals surface area contributed by atoms with Crippen molar-refractivity contribution >= 4 is 17.2 Å². The molecule has 0 atom stereocenters. The largest absolute Gasteiger partial charge is 0.289 e. The third-order valence-corrected chi connectivity index (χ3v) is 4.01. The van der Waals surface area contributed by atoms with Crippen LogP contribution >= 0.6 is 11.6 Å². The molecule has 0 aliphatic carbocycles. The minimum atomic E-state index is -0.160. The molecule has 0 saturated heterocycles. The summed E-state index contributed by atoms with van der Waals surface area (Å²) in [6, 6.07) is 20.5. The van der Waals surface area contributed by atoms with Crippen LogP contribution in [-0.2, 0) is 0 Å². The van der Waals surface area contributed by atoms with Crippen LogP contribution in [0, 0.1) is 0 Å². The van der Waals surface area contributed by atoms with Gasteiger partial charge in [-0.1, -0.05) is 60.1 Å². The molecule has 1 N–H and O–H groups in total. The number of aromatic amines is 1. The van der Waals surface area contributed by atoms with E-state index in [2.05, 4.69) is 10.1 Å². The number of rotatable bonds is 2. The van der Waals surface area contributed by atoms with Gasteiger partial charge in [-0.05, 0) is 6.07 Å². The minimum absolute atomic E-state index is 0.160. The number of hydrogen-bond acceptors (Lipinski definition) is 2. The molecule has 0 bridgehead atoms. The molecule has 5 heteroatoms. The summed E-state index contributed by atoms with van der Waals surface area (Å²) in [5, 5.41) is 3.68. The number of halogens is 1. The molecule has 2 heterocycles. The summed E-state index contributed by atoms with van der Waals surface area (Å²) in [7, 11) is 0. The lowest BCUT2D eigenvalue weighted by molar-refractivity contribution is 0.904. The minimum Gasteiger partial charge on any atom is -0.289 e. The predicted molar refractivity (Wildman–Crippen MR) is 91.7 cm³/mol. The first-order chi connectivity index (χ1) is 11.2. The Balaban J connectivity index is 1.92. The Morgan fingerprint density at radius 1 is 0.957 bits per heavy atom. The Bertz CT molecular complexity index is 1050. The number of fused-ring (bicyclic) bond motifs is 1. The number of hydrogen-bond donors (Lipinski definition) is 1. The standard InChI is InChI=1S/C18H12ClN3O/c19-14-9-5-4-8-13(14)16-10-17-20-15(11-18(23)22(17)21-16)12-6-2-1-3-7-12/h1-11,21H. The molecular weight excluding hydrogens is 310 g/mol. The first-order valence-corrected chi connectivity index (χ1v) is 7.53. The molecule has 0 radical (unpaired) electrons. The molecule has 0 aliphatic rings. The molecule has 112 valence electrons. The Labute approximate surface area is 137 Å². The second-order valence-electron chi connectivity index (χ2n) is 5.19. The number of nitrogens with one attached hydrogen (secondary N) is 1. The van der Waals surface area contributed by atoms with Crippen LogP contribution in [0.5, 0.6) is 0 Å². The van der Waals surface area contributed by atoms with Crippen LogP contribution in [-0.4, -0.2) is 14.6 Å². The molecule has 0 unspecified atom stereocenters. The fraction of sp³-hybridized carbons (Fsp3) is 0. The van der Waals surface area contributed by atoms with E-state index in [0.29, 0.717) is 16.4 Å². The monoisotopic (exact) mass is 321 g/mol. The highest BCUT2D eigenvalue weighted by molar-refractivity contribution is 6.33. The zero-order valence-corrected chi connectivity index (χ0v) is 12.8. The lowest BCUT2D eigenvalue weighted by Crippen LogP contribution is -2.14. The molecular formula is C18H12ClN3O. The Kier molecular flexibility index (Phi) is 3.24. The molecule has 0 fully saturated rings. The zero-order valence-electron chi connectivity index (χ0n) is 12.0. The molecule has 2 aromatic carbocycles. The average Bonchev–Trinajstić information content (AvgIpc) is 3.00. The van der Waals surface area contributed by atoms with Crippen LogP contribution in [0.15, 0.2) is 71.5 Å². The first-order valence-electron chi connectivity index (χ1n) is 7.15. The number of nitrogens with zero attached hydrogens (tertiary/aromatic N) is 2. The second-order valence-corrected chi connectivity index (χ2v) is 5.60. The van der Waals surface area contributed by atoms with E-state index in [1.54, 1.807) is 0 Å². The van der Waals surface area contributed by atoms with Gasteiger partial charge in [0.25, 0.3) is 5.56 Å². The van der Waals surface area contributed by atoms with Crippen molar-refractivity contribution in [2.75, 3.05) is 0 Å². The smallest absolute Gasteiger partial charge is 0.273 e. The Morgan fingerprint density at radius 3 is 2.48 bits per heavy atom. The summed E-state index contributed by atoms with van der Waals surface area (Å²) in [4.78, 5) is 16.9. The summed E-state index contributed by atoms with van der Waals surface area (Å²) in [5.41, 5.74) is 3.55. The second kappa shape index (κ2) is 5.41. The van der Waals surface area contributed by atoms with Crippen molar-refractivity contribution < 1.29 is 0 Å². The summed E-state index contributed by atoms with van der Waals surface area (Å²) >= 11 is 6.23. The van der Waals surface area contributed by atoms with Gasteiger partial charge in [-0.2, -0.15) is 0 Å². The van der Waals surface area contributed by atoms with E-state index in [0.717, 1.165) is 16.8 Å². The van der Waals surface area contributed by atoms with Gasteiger partial charge in [0.15, 0.2) is 5.65 Å². The van der Waals surface area contributed by atoms with E-state index in [1.807, 2.05) is 60.7 Å². The topological polar surface area (TPSA) is 50.2 Å². The molecule has 23 heavy (non-hydrogen) atoms. The highest BCUT2D eigenvalue weighted by atomic mass is 35.5. The maximum absolute atomic E-state index is 12.4. The SMILES string of the molecule is O=c1cc(-c2ccccc2)nc2cc(-c3ccccc3Cl)[nH]n12. The molecule has 2 aromatic heterocycles. The van der Waals surface area contributed by atoms with E-state index >= 15 is 0 Å².